The molecule has 6 rings (SSSR count). The Labute approximate surface area is 147 Å². The second kappa shape index (κ2) is 4.89. The van der Waals surface area contributed by atoms with Crippen molar-refractivity contribution in [3.63, 3.8) is 0 Å². The summed E-state index contributed by atoms with van der Waals surface area (Å²) < 4.78 is 8.15. The van der Waals surface area contributed by atoms with Gasteiger partial charge in [-0.15, -0.1) is 0 Å². The summed E-state index contributed by atoms with van der Waals surface area (Å²) in [7, 11) is 0. The van der Waals surface area contributed by atoms with Crippen molar-refractivity contribution in [2.45, 2.75) is 0 Å². The quantitative estimate of drug-likeness (QED) is 0.430. The van der Waals surface area contributed by atoms with Crippen LogP contribution in [0.5, 0.6) is 0 Å². The lowest BCUT2D eigenvalue weighted by molar-refractivity contribution is 0.669. The van der Waals surface area contributed by atoms with Gasteiger partial charge < -0.3 is 4.42 Å². The zero-order chi connectivity index (χ0) is 17.1. The number of rotatable bonds is 1. The monoisotopic (exact) mass is 336 g/mol. The van der Waals surface area contributed by atoms with Crippen LogP contribution in [0.3, 0.4) is 0 Å². The van der Waals surface area contributed by atoms with Gasteiger partial charge in [0.25, 0.3) is 0 Å². The molecule has 3 heterocycles. The summed E-state index contributed by atoms with van der Waals surface area (Å²) >= 11 is 0. The van der Waals surface area contributed by atoms with E-state index < -0.39 is 0 Å². The minimum absolute atomic E-state index is 0.610. The van der Waals surface area contributed by atoms with Crippen LogP contribution in [-0.2, 0) is 0 Å². The first-order valence-electron chi connectivity index (χ1n) is 8.37. The molecule has 0 atom stereocenters. The summed E-state index contributed by atoms with van der Waals surface area (Å²) in [5, 5.41) is 4.46. The fraction of sp³-hybridized carbons (Fsp3) is 0. The van der Waals surface area contributed by atoms with Gasteiger partial charge in [-0.1, -0.05) is 36.4 Å². The van der Waals surface area contributed by atoms with E-state index in [9.17, 15) is 0 Å². The predicted octanol–water partition coefficient (Wildman–Crippen LogP) is 4.87. The maximum absolute atomic E-state index is 6.07. The van der Waals surface area contributed by atoms with E-state index in [0.717, 1.165) is 43.7 Å². The van der Waals surface area contributed by atoms with Gasteiger partial charge in [0.2, 0.25) is 5.95 Å². The molecule has 122 valence electrons. The molecule has 0 saturated carbocycles. The van der Waals surface area contributed by atoms with E-state index in [4.69, 9.17) is 4.42 Å². The summed E-state index contributed by atoms with van der Waals surface area (Å²) in [5.74, 6) is 0.610. The van der Waals surface area contributed by atoms with Crippen LogP contribution in [0.1, 0.15) is 0 Å². The van der Waals surface area contributed by atoms with Crippen LogP contribution < -0.4 is 0 Å². The lowest BCUT2D eigenvalue weighted by atomic mass is 10.1. The molecule has 0 fully saturated rings. The number of hydrogen-bond acceptors (Lipinski definition) is 4. The molecule has 3 aromatic heterocycles. The van der Waals surface area contributed by atoms with Crippen molar-refractivity contribution in [1.29, 1.82) is 0 Å². The van der Waals surface area contributed by atoms with E-state index in [-0.39, 0.29) is 0 Å². The molecule has 0 N–H and O–H groups in total. The summed E-state index contributed by atoms with van der Waals surface area (Å²) in [4.78, 5) is 12.7. The van der Waals surface area contributed by atoms with Crippen molar-refractivity contribution >= 4 is 43.7 Å². The topological polar surface area (TPSA) is 56.7 Å². The molecule has 26 heavy (non-hydrogen) atoms. The summed E-state index contributed by atoms with van der Waals surface area (Å²) in [6.07, 6.45) is 3.05. The largest absolute Gasteiger partial charge is 0.456 e. The lowest BCUT2D eigenvalue weighted by Gasteiger charge is -2.04. The maximum Gasteiger partial charge on any atom is 0.237 e. The third kappa shape index (κ3) is 1.71. The van der Waals surface area contributed by atoms with Gasteiger partial charge in [0.15, 0.2) is 0 Å². The van der Waals surface area contributed by atoms with Gasteiger partial charge in [0.05, 0.1) is 11.0 Å². The molecular formula is C21H12N4O. The number of benzene rings is 3. The number of fused-ring (bicyclic) bond motifs is 6. The zero-order valence-corrected chi connectivity index (χ0v) is 13.6. The van der Waals surface area contributed by atoms with Crippen LogP contribution in [0.15, 0.2) is 77.7 Å². The molecule has 0 aliphatic heterocycles. The van der Waals surface area contributed by atoms with Crippen LogP contribution in [-0.4, -0.2) is 19.5 Å². The summed E-state index contributed by atoms with van der Waals surface area (Å²) in [5.41, 5.74) is 3.89. The molecule has 5 heteroatoms. The highest BCUT2D eigenvalue weighted by Gasteiger charge is 2.16. The Bertz CT molecular complexity index is 1430. The van der Waals surface area contributed by atoms with Crippen molar-refractivity contribution in [2.75, 3.05) is 0 Å². The molecule has 0 bridgehead atoms. The third-order valence-corrected chi connectivity index (χ3v) is 4.85. The van der Waals surface area contributed by atoms with Gasteiger partial charge in [-0.3, -0.25) is 4.57 Å². The normalized spacial score (nSPS) is 11.8. The molecule has 0 saturated heterocycles. The van der Waals surface area contributed by atoms with E-state index in [1.54, 1.807) is 0 Å². The van der Waals surface area contributed by atoms with Crippen LogP contribution in [0.4, 0.5) is 0 Å². The Hall–Kier alpha value is -3.73. The zero-order valence-electron chi connectivity index (χ0n) is 13.6. The lowest BCUT2D eigenvalue weighted by Crippen LogP contribution is -2.00. The first kappa shape index (κ1) is 13.5. The molecule has 3 aromatic carbocycles. The molecule has 0 unspecified atom stereocenters. The van der Waals surface area contributed by atoms with Gasteiger partial charge in [-0.25, -0.2) is 15.0 Å². The first-order valence-corrected chi connectivity index (χ1v) is 8.37. The van der Waals surface area contributed by atoms with Gasteiger partial charge >= 0.3 is 0 Å². The molecular weight excluding hydrogens is 324 g/mol. The van der Waals surface area contributed by atoms with Crippen molar-refractivity contribution in [3.05, 3.63) is 73.3 Å². The average molecular weight is 336 g/mol. The number of aromatic nitrogens is 4. The van der Waals surface area contributed by atoms with Gasteiger partial charge in [0.1, 0.15) is 23.8 Å². The van der Waals surface area contributed by atoms with Crippen molar-refractivity contribution in [1.82, 2.24) is 19.5 Å². The minimum Gasteiger partial charge on any atom is -0.456 e. The molecule has 0 aliphatic carbocycles. The maximum atomic E-state index is 6.07. The highest BCUT2D eigenvalue weighted by atomic mass is 16.3. The molecule has 6 aromatic rings. The Morgan fingerprint density at radius 2 is 1.42 bits per heavy atom. The van der Waals surface area contributed by atoms with Gasteiger partial charge in [0, 0.05) is 21.5 Å². The summed E-state index contributed by atoms with van der Waals surface area (Å²) in [6.45, 7) is 0. The Balaban J connectivity index is 1.86. The summed E-state index contributed by atoms with van der Waals surface area (Å²) in [6, 6.07) is 20.7. The molecule has 0 amide bonds. The Morgan fingerprint density at radius 3 is 2.31 bits per heavy atom. The number of hydrogen-bond donors (Lipinski definition) is 0. The number of para-hydroxylation sites is 2. The highest BCUT2D eigenvalue weighted by Crippen LogP contribution is 2.37. The van der Waals surface area contributed by atoms with Crippen LogP contribution in [0.25, 0.3) is 49.7 Å². The molecule has 5 nitrogen and oxygen atoms in total. The smallest absolute Gasteiger partial charge is 0.237 e. The second-order valence-corrected chi connectivity index (χ2v) is 6.25. The van der Waals surface area contributed by atoms with Gasteiger partial charge in [-0.2, -0.15) is 0 Å². The number of furan rings is 1. The average Bonchev–Trinajstić information content (AvgIpc) is 3.22. The van der Waals surface area contributed by atoms with E-state index in [2.05, 4.69) is 49.9 Å². The van der Waals surface area contributed by atoms with Crippen LogP contribution in [0.2, 0.25) is 0 Å². The standard InChI is InChI=1S/C21H12N4O/c1-3-7-17-13(5-1)15-10-20-16(14-6-2-4-8-19(14)26-20)9-18(15)25(17)21-23-11-22-12-24-21/h1-12H. The highest BCUT2D eigenvalue weighted by molar-refractivity contribution is 6.16. The third-order valence-electron chi connectivity index (χ3n) is 4.85. The van der Waals surface area contributed by atoms with E-state index >= 15 is 0 Å². The van der Waals surface area contributed by atoms with Crippen molar-refractivity contribution in [3.8, 4) is 5.95 Å². The van der Waals surface area contributed by atoms with Crippen molar-refractivity contribution < 1.29 is 4.42 Å². The second-order valence-electron chi connectivity index (χ2n) is 6.25. The molecule has 0 spiro atoms. The Morgan fingerprint density at radius 1 is 0.654 bits per heavy atom. The van der Waals surface area contributed by atoms with E-state index in [0.29, 0.717) is 5.95 Å². The fourth-order valence-electron chi connectivity index (χ4n) is 3.75. The Kier molecular flexibility index (Phi) is 2.55. The van der Waals surface area contributed by atoms with E-state index in [1.807, 2.05) is 30.3 Å². The van der Waals surface area contributed by atoms with Crippen LogP contribution in [0, 0.1) is 0 Å². The van der Waals surface area contributed by atoms with Gasteiger partial charge in [-0.05, 0) is 24.3 Å². The first-order chi connectivity index (χ1) is 12.9. The molecule has 0 radical (unpaired) electrons. The molecule has 0 aliphatic rings. The van der Waals surface area contributed by atoms with E-state index in [1.165, 1.54) is 12.7 Å². The van der Waals surface area contributed by atoms with Crippen LogP contribution >= 0.6 is 0 Å². The minimum atomic E-state index is 0.610. The predicted molar refractivity (Wildman–Crippen MR) is 101 cm³/mol. The van der Waals surface area contributed by atoms with Crippen molar-refractivity contribution in [2.24, 2.45) is 0 Å². The number of nitrogens with zero attached hydrogens (tertiary/aromatic N) is 4. The fourth-order valence-corrected chi connectivity index (χ4v) is 3.75. The SMILES string of the molecule is c1ccc2c(c1)oc1cc3c4ccccc4n(-c4ncncn4)c3cc12.